The first-order valence-electron chi connectivity index (χ1n) is 8.42. The van der Waals surface area contributed by atoms with E-state index in [1.807, 2.05) is 35.7 Å². The van der Waals surface area contributed by atoms with Gasteiger partial charge in [0.2, 0.25) is 0 Å². The van der Waals surface area contributed by atoms with Crippen LogP contribution < -0.4 is 10.6 Å². The Bertz CT molecular complexity index is 1190. The highest BCUT2D eigenvalue weighted by molar-refractivity contribution is 9.10. The van der Waals surface area contributed by atoms with E-state index >= 15 is 0 Å². The molecular weight excluding hydrogens is 454 g/mol. The summed E-state index contributed by atoms with van der Waals surface area (Å²) in [6, 6.07) is 21.6. The van der Waals surface area contributed by atoms with Crippen LogP contribution in [0.4, 0.5) is 5.13 Å². The summed E-state index contributed by atoms with van der Waals surface area (Å²) in [7, 11) is 0. The molecule has 0 unspecified atom stereocenters. The Morgan fingerprint density at radius 3 is 2.57 bits per heavy atom. The van der Waals surface area contributed by atoms with Crippen molar-refractivity contribution < 1.29 is 4.79 Å². The lowest BCUT2D eigenvalue weighted by Gasteiger charge is -2.08. The number of thiazole rings is 1. The average Bonchev–Trinajstić information content (AvgIpc) is 3.16. The number of nitrogens with zero attached hydrogens (tertiary/aromatic N) is 1. The minimum Gasteiger partial charge on any atom is -0.308 e. The summed E-state index contributed by atoms with van der Waals surface area (Å²) in [4.78, 5) is 16.9. The fraction of sp³-hybridized carbons (Fsp3) is 0. The SMILES string of the molecule is O=C(NC(=S)Nc1nc(-c2ccc3ccccc3c2)cs1)c1ccccc1Br. The minimum atomic E-state index is -0.281. The van der Waals surface area contributed by atoms with Gasteiger partial charge in [-0.3, -0.25) is 10.1 Å². The van der Waals surface area contributed by atoms with Crippen LogP contribution in [0, 0.1) is 0 Å². The maximum absolute atomic E-state index is 12.3. The van der Waals surface area contributed by atoms with Gasteiger partial charge in [0.1, 0.15) is 0 Å². The minimum absolute atomic E-state index is 0.208. The van der Waals surface area contributed by atoms with Crippen LogP contribution in [0.5, 0.6) is 0 Å². The van der Waals surface area contributed by atoms with E-state index in [1.54, 1.807) is 12.1 Å². The molecule has 0 spiro atoms. The molecule has 0 aliphatic heterocycles. The van der Waals surface area contributed by atoms with Crippen LogP contribution >= 0.6 is 39.5 Å². The van der Waals surface area contributed by atoms with Gasteiger partial charge in [0.15, 0.2) is 10.2 Å². The van der Waals surface area contributed by atoms with Gasteiger partial charge >= 0.3 is 0 Å². The third kappa shape index (κ3) is 4.11. The van der Waals surface area contributed by atoms with E-state index < -0.39 is 0 Å². The predicted octanol–water partition coefficient (Wildman–Crippen LogP) is 5.85. The third-order valence-electron chi connectivity index (χ3n) is 4.12. The summed E-state index contributed by atoms with van der Waals surface area (Å²) < 4.78 is 0.711. The van der Waals surface area contributed by atoms with Crippen LogP contribution in [0.1, 0.15) is 10.4 Å². The van der Waals surface area contributed by atoms with Crippen molar-refractivity contribution in [3.05, 3.63) is 82.1 Å². The number of aromatic nitrogens is 1. The Hall–Kier alpha value is -2.61. The van der Waals surface area contributed by atoms with Gasteiger partial charge in [-0.1, -0.05) is 48.5 Å². The van der Waals surface area contributed by atoms with Gasteiger partial charge in [-0.2, -0.15) is 0 Å². The molecule has 4 rings (SSSR count). The van der Waals surface area contributed by atoms with Crippen molar-refractivity contribution in [3.8, 4) is 11.3 Å². The lowest BCUT2D eigenvalue weighted by Crippen LogP contribution is -2.34. The van der Waals surface area contributed by atoms with Gasteiger partial charge in [-0.05, 0) is 57.1 Å². The van der Waals surface area contributed by atoms with Crippen molar-refractivity contribution in [2.24, 2.45) is 0 Å². The van der Waals surface area contributed by atoms with E-state index in [1.165, 1.54) is 22.1 Å². The summed E-state index contributed by atoms with van der Waals surface area (Å²) in [6.45, 7) is 0. The van der Waals surface area contributed by atoms with Crippen LogP contribution in [0.15, 0.2) is 76.6 Å². The monoisotopic (exact) mass is 467 g/mol. The number of halogens is 1. The van der Waals surface area contributed by atoms with Crippen molar-refractivity contribution in [1.82, 2.24) is 10.3 Å². The third-order valence-corrected chi connectivity index (χ3v) is 5.77. The maximum atomic E-state index is 12.3. The molecule has 4 aromatic rings. The molecule has 7 heteroatoms. The van der Waals surface area contributed by atoms with Crippen LogP contribution in [0.3, 0.4) is 0 Å². The standard InChI is InChI=1S/C21H14BrN3OS2/c22-17-8-4-3-7-16(17)19(26)24-20(27)25-21-23-18(12-28-21)15-10-9-13-5-1-2-6-14(13)11-15/h1-12H,(H2,23,24,25,26,27). The number of fused-ring (bicyclic) bond motifs is 1. The molecule has 0 aliphatic rings. The number of carbonyl (C=O) groups is 1. The zero-order chi connectivity index (χ0) is 19.5. The van der Waals surface area contributed by atoms with E-state index in [0.29, 0.717) is 15.2 Å². The lowest BCUT2D eigenvalue weighted by atomic mass is 10.1. The molecule has 28 heavy (non-hydrogen) atoms. The smallest absolute Gasteiger partial charge is 0.258 e. The molecule has 1 amide bonds. The maximum Gasteiger partial charge on any atom is 0.258 e. The first-order valence-corrected chi connectivity index (χ1v) is 10.5. The zero-order valence-corrected chi connectivity index (χ0v) is 17.7. The highest BCUT2D eigenvalue weighted by Gasteiger charge is 2.12. The molecule has 138 valence electrons. The first kappa shape index (κ1) is 18.7. The van der Waals surface area contributed by atoms with E-state index in [-0.39, 0.29) is 11.0 Å². The number of amides is 1. The summed E-state index contributed by atoms with van der Waals surface area (Å²) >= 11 is 10.1. The van der Waals surface area contributed by atoms with E-state index in [0.717, 1.165) is 11.3 Å². The van der Waals surface area contributed by atoms with Crippen molar-refractivity contribution >= 4 is 66.4 Å². The summed E-state index contributed by atoms with van der Waals surface area (Å²) in [5.41, 5.74) is 2.41. The quantitative estimate of drug-likeness (QED) is 0.370. The van der Waals surface area contributed by atoms with E-state index in [9.17, 15) is 4.79 Å². The highest BCUT2D eigenvalue weighted by atomic mass is 79.9. The first-order chi connectivity index (χ1) is 13.6. The fourth-order valence-electron chi connectivity index (χ4n) is 2.76. The molecule has 0 saturated heterocycles. The number of hydrogen-bond donors (Lipinski definition) is 2. The Labute approximate surface area is 179 Å². The number of benzene rings is 3. The molecule has 0 bridgehead atoms. The molecule has 0 saturated carbocycles. The number of hydrogen-bond acceptors (Lipinski definition) is 4. The van der Waals surface area contributed by atoms with Gasteiger partial charge in [-0.15, -0.1) is 11.3 Å². The number of nitrogens with one attached hydrogen (secondary N) is 2. The van der Waals surface area contributed by atoms with Crippen LogP contribution in [0.2, 0.25) is 0 Å². The van der Waals surface area contributed by atoms with Crippen LogP contribution in [0.25, 0.3) is 22.0 Å². The van der Waals surface area contributed by atoms with Crippen molar-refractivity contribution in [2.45, 2.75) is 0 Å². The van der Waals surface area contributed by atoms with Crippen LogP contribution in [-0.2, 0) is 0 Å². The summed E-state index contributed by atoms with van der Waals surface area (Å²) in [6.07, 6.45) is 0. The van der Waals surface area contributed by atoms with Crippen LogP contribution in [-0.4, -0.2) is 16.0 Å². The number of carbonyl (C=O) groups excluding carboxylic acids is 1. The molecule has 0 radical (unpaired) electrons. The van der Waals surface area contributed by atoms with E-state index in [2.05, 4.69) is 55.8 Å². The molecular formula is C21H14BrN3OS2. The second-order valence-corrected chi connectivity index (χ2v) is 8.11. The fourth-order valence-corrected chi connectivity index (χ4v) is 4.20. The zero-order valence-electron chi connectivity index (χ0n) is 14.5. The molecule has 2 N–H and O–H groups in total. The molecule has 0 fully saturated rings. The molecule has 3 aromatic carbocycles. The number of anilines is 1. The molecule has 1 heterocycles. The largest absolute Gasteiger partial charge is 0.308 e. The summed E-state index contributed by atoms with van der Waals surface area (Å²) in [5, 5.41) is 10.8. The molecule has 4 nitrogen and oxygen atoms in total. The number of thiocarbonyl (C=S) groups is 1. The second kappa shape index (κ2) is 8.18. The summed E-state index contributed by atoms with van der Waals surface area (Å²) in [5.74, 6) is -0.281. The molecule has 0 atom stereocenters. The highest BCUT2D eigenvalue weighted by Crippen LogP contribution is 2.27. The van der Waals surface area contributed by atoms with Crippen molar-refractivity contribution in [2.75, 3.05) is 5.32 Å². The van der Waals surface area contributed by atoms with Crippen molar-refractivity contribution in [1.29, 1.82) is 0 Å². The van der Waals surface area contributed by atoms with Gasteiger partial charge in [-0.25, -0.2) is 4.98 Å². The van der Waals surface area contributed by atoms with E-state index in [4.69, 9.17) is 12.2 Å². The van der Waals surface area contributed by atoms with Gasteiger partial charge in [0.25, 0.3) is 5.91 Å². The Morgan fingerprint density at radius 2 is 1.75 bits per heavy atom. The van der Waals surface area contributed by atoms with Gasteiger partial charge < -0.3 is 5.32 Å². The normalized spacial score (nSPS) is 10.6. The Kier molecular flexibility index (Phi) is 5.47. The lowest BCUT2D eigenvalue weighted by molar-refractivity contribution is 0.0977. The van der Waals surface area contributed by atoms with Crippen molar-refractivity contribution in [3.63, 3.8) is 0 Å². The number of rotatable bonds is 3. The molecule has 0 aliphatic carbocycles. The van der Waals surface area contributed by atoms with Gasteiger partial charge in [0, 0.05) is 15.4 Å². The predicted molar refractivity (Wildman–Crippen MR) is 123 cm³/mol. The second-order valence-electron chi connectivity index (χ2n) is 5.99. The Balaban J connectivity index is 1.46. The topological polar surface area (TPSA) is 54.0 Å². The average molecular weight is 468 g/mol. The molecule has 1 aromatic heterocycles. The Morgan fingerprint density at radius 1 is 1.00 bits per heavy atom. The van der Waals surface area contributed by atoms with Gasteiger partial charge in [0.05, 0.1) is 11.3 Å².